The second kappa shape index (κ2) is 11.6. The third kappa shape index (κ3) is 6.89. The van der Waals surface area contributed by atoms with Crippen LogP contribution < -0.4 is 0 Å². The van der Waals surface area contributed by atoms with Crippen LogP contribution in [0.2, 0.25) is 13.1 Å². The molecule has 1 nitrogen and oxygen atoms in total. The molecule has 33 heavy (non-hydrogen) atoms. The smallest absolute Gasteiger partial charge is 0.201 e. The molecule has 0 amide bonds. The third-order valence-electron chi connectivity index (χ3n) is 9.00. The van der Waals surface area contributed by atoms with Gasteiger partial charge in [0.2, 0.25) is 8.32 Å². The van der Waals surface area contributed by atoms with Gasteiger partial charge >= 0.3 is 0 Å². The van der Waals surface area contributed by atoms with Crippen LogP contribution in [-0.4, -0.2) is 19.9 Å². The van der Waals surface area contributed by atoms with E-state index in [4.69, 9.17) is 16.0 Å². The quantitative estimate of drug-likeness (QED) is 0.218. The molecule has 1 saturated carbocycles. The monoisotopic (exact) mass is 490 g/mol. The van der Waals surface area contributed by atoms with Crippen LogP contribution in [0, 0.1) is 23.2 Å². The highest BCUT2D eigenvalue weighted by Crippen LogP contribution is 2.58. The zero-order valence-corrected chi connectivity index (χ0v) is 24.5. The average Bonchev–Trinajstić information content (AvgIpc) is 3.11. The van der Waals surface area contributed by atoms with E-state index in [2.05, 4.69) is 59.9 Å². The topological polar surface area (TPSA) is 9.23 Å². The minimum Gasteiger partial charge on any atom is -0.413 e. The minimum absolute atomic E-state index is 0.352. The van der Waals surface area contributed by atoms with E-state index >= 15 is 0 Å². The van der Waals surface area contributed by atoms with E-state index in [1.807, 2.05) is 5.57 Å². The summed E-state index contributed by atoms with van der Waals surface area (Å²) >= 11 is 6.19. The largest absolute Gasteiger partial charge is 0.413 e. The van der Waals surface area contributed by atoms with E-state index in [0.29, 0.717) is 17.0 Å². The van der Waals surface area contributed by atoms with Gasteiger partial charge in [-0.3, -0.25) is 0 Å². The molecule has 3 heteroatoms. The van der Waals surface area contributed by atoms with Gasteiger partial charge in [-0.15, -0.1) is 11.6 Å². The molecular weight excluding hydrogens is 440 g/mol. The summed E-state index contributed by atoms with van der Waals surface area (Å²) in [5, 5.41) is 0. The van der Waals surface area contributed by atoms with Gasteiger partial charge in [0.15, 0.2) is 0 Å². The number of rotatable bonds is 10. The molecule has 0 bridgehead atoms. The minimum atomic E-state index is -1.72. The van der Waals surface area contributed by atoms with E-state index in [-0.39, 0.29) is 0 Å². The van der Waals surface area contributed by atoms with Crippen molar-refractivity contribution in [3.05, 3.63) is 34.4 Å². The number of alkyl halides is 1. The molecule has 0 aromatic heterocycles. The van der Waals surface area contributed by atoms with Gasteiger partial charge in [0.1, 0.15) is 0 Å². The maximum Gasteiger partial charge on any atom is 0.201 e. The lowest BCUT2D eigenvalue weighted by Gasteiger charge is -2.40. The highest BCUT2D eigenvalue weighted by molar-refractivity contribution is 6.77. The van der Waals surface area contributed by atoms with Crippen LogP contribution in [0.5, 0.6) is 0 Å². The van der Waals surface area contributed by atoms with Crippen molar-refractivity contribution in [1.29, 1.82) is 0 Å². The molecule has 0 N–H and O–H groups in total. The molecule has 3 rings (SSSR count). The molecule has 0 aromatic rings. The standard InChI is InChI=1S/C30H51ClOSi/c1-22(2)10-8-11-24(4)28-17-18-29-25(12-9-19-30(28,29)5)14-15-26-20-27(16-13-23(26)3)32-33(6,7)21-31/h14-15,22,24,27-28H,8-13,16-21H2,1-7H3/b15-14+. The molecule has 0 heterocycles. The van der Waals surface area contributed by atoms with Gasteiger partial charge in [-0.05, 0) is 106 Å². The van der Waals surface area contributed by atoms with Crippen molar-refractivity contribution in [1.82, 2.24) is 0 Å². The Hall–Kier alpha value is -0.313. The number of hydrogen-bond acceptors (Lipinski definition) is 1. The first-order chi connectivity index (χ1) is 15.6. The van der Waals surface area contributed by atoms with Crippen LogP contribution in [0.25, 0.3) is 0 Å². The lowest BCUT2D eigenvalue weighted by Crippen LogP contribution is -2.38. The van der Waals surface area contributed by atoms with Gasteiger partial charge in [0, 0.05) is 11.6 Å². The predicted molar refractivity (Wildman–Crippen MR) is 148 cm³/mol. The molecule has 0 spiro atoms. The summed E-state index contributed by atoms with van der Waals surface area (Å²) in [6.45, 7) is 16.7. The Labute approximate surface area is 211 Å². The molecule has 188 valence electrons. The Morgan fingerprint density at radius 1 is 1.06 bits per heavy atom. The van der Waals surface area contributed by atoms with Gasteiger partial charge < -0.3 is 4.43 Å². The third-order valence-corrected chi connectivity index (χ3v) is 12.5. The molecule has 4 unspecified atom stereocenters. The Kier molecular flexibility index (Phi) is 9.60. The van der Waals surface area contributed by atoms with Crippen LogP contribution in [0.4, 0.5) is 0 Å². The Bertz CT molecular complexity index is 761. The lowest BCUT2D eigenvalue weighted by atomic mass is 9.64. The first-order valence-corrected chi connectivity index (χ1v) is 17.5. The van der Waals surface area contributed by atoms with Crippen molar-refractivity contribution in [3.8, 4) is 0 Å². The van der Waals surface area contributed by atoms with Crippen molar-refractivity contribution in [2.24, 2.45) is 23.2 Å². The second-order valence-electron chi connectivity index (χ2n) is 12.7. The molecule has 0 radical (unpaired) electrons. The zero-order valence-electron chi connectivity index (χ0n) is 22.7. The Morgan fingerprint density at radius 3 is 2.48 bits per heavy atom. The normalized spacial score (nSPS) is 30.0. The fourth-order valence-electron chi connectivity index (χ4n) is 6.99. The summed E-state index contributed by atoms with van der Waals surface area (Å²) in [6.07, 6.45) is 19.7. The van der Waals surface area contributed by atoms with Gasteiger partial charge in [-0.1, -0.05) is 70.3 Å². The summed E-state index contributed by atoms with van der Waals surface area (Å²) in [4.78, 5) is 0. The van der Waals surface area contributed by atoms with E-state index in [1.54, 1.807) is 11.1 Å². The molecule has 0 aromatic carbocycles. The first kappa shape index (κ1) is 27.3. The maximum absolute atomic E-state index is 6.50. The fourth-order valence-corrected chi connectivity index (χ4v) is 8.34. The number of hydrogen-bond donors (Lipinski definition) is 0. The molecule has 4 atom stereocenters. The van der Waals surface area contributed by atoms with Gasteiger partial charge in [-0.2, -0.15) is 0 Å². The zero-order chi connectivity index (χ0) is 24.2. The summed E-state index contributed by atoms with van der Waals surface area (Å²) in [7, 11) is -1.72. The molecule has 3 aliphatic carbocycles. The highest BCUT2D eigenvalue weighted by atomic mass is 35.5. The van der Waals surface area contributed by atoms with Crippen molar-refractivity contribution in [2.75, 3.05) is 5.50 Å². The SMILES string of the molecule is CC1=C(/C=C/C2=C3CCC(C(C)CCCC(C)C)C3(C)CCC2)CC(O[Si](C)(C)CCl)CC1. The van der Waals surface area contributed by atoms with E-state index in [1.165, 1.54) is 56.9 Å². The van der Waals surface area contributed by atoms with Crippen molar-refractivity contribution in [3.63, 3.8) is 0 Å². The predicted octanol–water partition coefficient (Wildman–Crippen LogP) is 9.77. The number of allylic oxidation sites excluding steroid dienone is 5. The molecule has 0 saturated heterocycles. The van der Waals surface area contributed by atoms with E-state index in [0.717, 1.165) is 37.0 Å². The van der Waals surface area contributed by atoms with Crippen molar-refractivity contribution in [2.45, 2.75) is 124 Å². The van der Waals surface area contributed by atoms with Gasteiger partial charge in [0.05, 0.1) is 0 Å². The van der Waals surface area contributed by atoms with Crippen molar-refractivity contribution < 1.29 is 4.43 Å². The molecule has 0 aliphatic heterocycles. The van der Waals surface area contributed by atoms with Crippen LogP contribution in [0.15, 0.2) is 34.4 Å². The lowest BCUT2D eigenvalue weighted by molar-refractivity contribution is 0.164. The van der Waals surface area contributed by atoms with Crippen LogP contribution in [0.1, 0.15) is 105 Å². The van der Waals surface area contributed by atoms with Crippen LogP contribution in [0.3, 0.4) is 0 Å². The Morgan fingerprint density at radius 2 is 1.79 bits per heavy atom. The average molecular weight is 491 g/mol. The molecule has 1 fully saturated rings. The van der Waals surface area contributed by atoms with Crippen molar-refractivity contribution >= 4 is 19.9 Å². The van der Waals surface area contributed by atoms with Crippen LogP contribution >= 0.6 is 11.6 Å². The van der Waals surface area contributed by atoms with E-state index in [9.17, 15) is 0 Å². The van der Waals surface area contributed by atoms with E-state index < -0.39 is 8.32 Å². The summed E-state index contributed by atoms with van der Waals surface area (Å²) in [6, 6.07) is 0. The summed E-state index contributed by atoms with van der Waals surface area (Å²) in [5.74, 6) is 2.56. The number of fused-ring (bicyclic) bond motifs is 1. The molecular formula is C30H51ClOSi. The maximum atomic E-state index is 6.50. The summed E-state index contributed by atoms with van der Waals surface area (Å²) in [5.41, 5.74) is 7.67. The molecule has 3 aliphatic rings. The van der Waals surface area contributed by atoms with Gasteiger partial charge in [-0.25, -0.2) is 0 Å². The van der Waals surface area contributed by atoms with Crippen LogP contribution in [-0.2, 0) is 4.43 Å². The van der Waals surface area contributed by atoms with Gasteiger partial charge in [0.25, 0.3) is 0 Å². The second-order valence-corrected chi connectivity index (χ2v) is 17.6. The fraction of sp³-hybridized carbons (Fsp3) is 0.800. The number of halogens is 1. The first-order valence-electron chi connectivity index (χ1n) is 13.9. The highest BCUT2D eigenvalue weighted by Gasteiger charge is 2.46. The Balaban J connectivity index is 1.71. The summed E-state index contributed by atoms with van der Waals surface area (Å²) < 4.78 is 6.50.